The van der Waals surface area contributed by atoms with Gasteiger partial charge in [0.1, 0.15) is 5.92 Å². The molecule has 0 radical (unpaired) electrons. The minimum absolute atomic E-state index is 0.182. The molecular formula is C20H35NO5. The summed E-state index contributed by atoms with van der Waals surface area (Å²) in [6.45, 7) is 8.97. The van der Waals surface area contributed by atoms with E-state index in [0.29, 0.717) is 26.2 Å². The van der Waals surface area contributed by atoms with E-state index in [9.17, 15) is 10.1 Å². The molecule has 1 rings (SSSR count). The number of aliphatic hydroxyl groups is 1. The van der Waals surface area contributed by atoms with Crippen LogP contribution >= 0.6 is 0 Å². The number of ether oxygens (including phenoxy) is 2. The minimum atomic E-state index is -0.703. The van der Waals surface area contributed by atoms with Gasteiger partial charge in [0.2, 0.25) is 6.04 Å². The van der Waals surface area contributed by atoms with Gasteiger partial charge in [0, 0.05) is 31.2 Å². The van der Waals surface area contributed by atoms with Crippen molar-refractivity contribution in [1.82, 2.24) is 0 Å². The first kappa shape index (κ1) is 24.5. The number of hydrogen-bond donors (Lipinski definition) is 1. The Balaban J connectivity index is 0.00000141. The highest BCUT2D eigenvalue weighted by Crippen LogP contribution is 2.31. The predicted octanol–water partition coefficient (Wildman–Crippen LogP) is 4.39. The molecule has 0 spiro atoms. The lowest BCUT2D eigenvalue weighted by molar-refractivity contribution is -0.532. The van der Waals surface area contributed by atoms with Crippen molar-refractivity contribution in [3.63, 3.8) is 0 Å². The van der Waals surface area contributed by atoms with Crippen LogP contribution in [0.5, 0.6) is 0 Å². The maximum atomic E-state index is 11.6. The van der Waals surface area contributed by atoms with Crippen molar-refractivity contribution in [2.24, 2.45) is 0 Å². The zero-order valence-electron chi connectivity index (χ0n) is 16.6. The minimum Gasteiger partial charge on any atom is -0.396 e. The Labute approximate surface area is 157 Å². The summed E-state index contributed by atoms with van der Waals surface area (Å²) >= 11 is 0. The second-order valence-corrected chi connectivity index (χ2v) is 5.93. The highest BCUT2D eigenvalue weighted by molar-refractivity contribution is 5.21. The molecule has 0 fully saturated rings. The summed E-state index contributed by atoms with van der Waals surface area (Å²) in [6.07, 6.45) is 2.56. The zero-order chi connectivity index (χ0) is 19.8. The van der Waals surface area contributed by atoms with Crippen molar-refractivity contribution >= 4 is 0 Å². The number of benzene rings is 1. The third kappa shape index (κ3) is 9.27. The largest absolute Gasteiger partial charge is 0.396 e. The first-order chi connectivity index (χ1) is 12.6. The van der Waals surface area contributed by atoms with E-state index >= 15 is 0 Å². The van der Waals surface area contributed by atoms with Crippen LogP contribution in [0.3, 0.4) is 0 Å². The van der Waals surface area contributed by atoms with Gasteiger partial charge in [0.25, 0.3) is 0 Å². The van der Waals surface area contributed by atoms with Gasteiger partial charge in [-0.3, -0.25) is 10.1 Å². The Morgan fingerprint density at radius 1 is 1.04 bits per heavy atom. The van der Waals surface area contributed by atoms with Crippen LogP contribution in [0.4, 0.5) is 0 Å². The van der Waals surface area contributed by atoms with Gasteiger partial charge in [-0.1, -0.05) is 50.6 Å². The maximum Gasteiger partial charge on any atom is 0.224 e. The number of nitro groups is 1. The Morgan fingerprint density at radius 3 is 1.96 bits per heavy atom. The fourth-order valence-corrected chi connectivity index (χ4v) is 2.65. The topological polar surface area (TPSA) is 81.8 Å². The lowest BCUT2D eigenvalue weighted by Gasteiger charge is -2.29. The Morgan fingerprint density at radius 2 is 1.58 bits per heavy atom. The van der Waals surface area contributed by atoms with E-state index < -0.39 is 18.2 Å². The van der Waals surface area contributed by atoms with Crippen LogP contribution in [-0.4, -0.2) is 42.2 Å². The molecule has 1 aromatic carbocycles. The molecule has 0 saturated carbocycles. The van der Waals surface area contributed by atoms with E-state index in [1.807, 2.05) is 58.0 Å². The van der Waals surface area contributed by atoms with Gasteiger partial charge in [-0.05, 0) is 32.3 Å². The van der Waals surface area contributed by atoms with Gasteiger partial charge in [-0.2, -0.15) is 0 Å². The zero-order valence-corrected chi connectivity index (χ0v) is 16.6. The number of hydrogen-bond acceptors (Lipinski definition) is 5. The molecule has 6 nitrogen and oxygen atoms in total. The van der Waals surface area contributed by atoms with Crippen LogP contribution in [0, 0.1) is 10.1 Å². The van der Waals surface area contributed by atoms with Gasteiger partial charge in [0.05, 0.1) is 0 Å². The average molecular weight is 370 g/mol. The first-order valence-electron chi connectivity index (χ1n) is 9.59. The van der Waals surface area contributed by atoms with Crippen LogP contribution < -0.4 is 0 Å². The second kappa shape index (κ2) is 15.7. The average Bonchev–Trinajstić information content (AvgIpc) is 2.65. The van der Waals surface area contributed by atoms with Crippen molar-refractivity contribution in [3.05, 3.63) is 46.0 Å². The lowest BCUT2D eigenvalue weighted by atomic mass is 9.88. The van der Waals surface area contributed by atoms with Crippen LogP contribution in [0.2, 0.25) is 0 Å². The summed E-state index contributed by atoms with van der Waals surface area (Å²) < 4.78 is 11.4. The molecule has 0 aliphatic carbocycles. The highest BCUT2D eigenvalue weighted by atomic mass is 16.7. The molecule has 6 heteroatoms. The molecular weight excluding hydrogens is 334 g/mol. The molecule has 0 saturated heterocycles. The number of nitrogens with zero attached hydrogens (tertiary/aromatic N) is 1. The second-order valence-electron chi connectivity index (χ2n) is 5.93. The third-order valence-electron chi connectivity index (χ3n) is 3.90. The monoisotopic (exact) mass is 369 g/mol. The molecule has 0 aliphatic heterocycles. The smallest absolute Gasteiger partial charge is 0.224 e. The summed E-state index contributed by atoms with van der Waals surface area (Å²) in [6, 6.07) is 8.83. The molecule has 0 heterocycles. The van der Waals surface area contributed by atoms with E-state index in [1.54, 1.807) is 0 Å². The van der Waals surface area contributed by atoms with Crippen LogP contribution in [0.1, 0.15) is 64.9 Å². The Kier molecular flexibility index (Phi) is 14.8. The molecule has 1 aromatic rings. The van der Waals surface area contributed by atoms with Gasteiger partial charge in [-0.25, -0.2) is 0 Å². The summed E-state index contributed by atoms with van der Waals surface area (Å²) in [7, 11) is 0. The Bertz CT molecular complexity index is 447. The molecule has 26 heavy (non-hydrogen) atoms. The van der Waals surface area contributed by atoms with Crippen molar-refractivity contribution in [1.29, 1.82) is 0 Å². The normalized spacial score (nSPS) is 13.0. The fraction of sp³-hybridized carbons (Fsp3) is 0.700. The van der Waals surface area contributed by atoms with E-state index in [4.69, 9.17) is 14.6 Å². The van der Waals surface area contributed by atoms with E-state index in [1.165, 1.54) is 0 Å². The molecule has 2 unspecified atom stereocenters. The molecule has 2 atom stereocenters. The van der Waals surface area contributed by atoms with Gasteiger partial charge in [-0.15, -0.1) is 0 Å². The number of unbranched alkanes of at least 4 members (excludes halogenated alkanes) is 1. The van der Waals surface area contributed by atoms with E-state index in [-0.39, 0.29) is 4.92 Å². The lowest BCUT2D eigenvalue weighted by Crippen LogP contribution is -2.38. The van der Waals surface area contributed by atoms with Crippen LogP contribution in [-0.2, 0) is 9.47 Å². The molecule has 0 amide bonds. The van der Waals surface area contributed by atoms with Crippen molar-refractivity contribution in [3.8, 4) is 0 Å². The SMILES string of the molecule is CCCCC(C(c1ccccc1)C(OCC)OCC)[N+](=O)[O-].CCCO. The predicted molar refractivity (Wildman–Crippen MR) is 104 cm³/mol. The maximum absolute atomic E-state index is 11.6. The third-order valence-corrected chi connectivity index (χ3v) is 3.90. The van der Waals surface area contributed by atoms with Crippen LogP contribution in [0.15, 0.2) is 30.3 Å². The van der Waals surface area contributed by atoms with Gasteiger partial charge in [0.15, 0.2) is 6.29 Å². The number of aliphatic hydroxyl groups excluding tert-OH is 1. The van der Waals surface area contributed by atoms with Gasteiger partial charge >= 0.3 is 0 Å². The molecule has 0 aliphatic rings. The summed E-state index contributed by atoms with van der Waals surface area (Å²) in [5.41, 5.74) is 0.896. The standard InChI is InChI=1S/C17H27NO4.C3H8O/c1-4-7-13-15(18(19)20)16(14-11-9-8-10-12-14)17(21-5-2)22-6-3;1-2-3-4/h8-12,15-17H,4-7,13H2,1-3H3;4H,2-3H2,1H3. The Hall–Kier alpha value is -1.50. The van der Waals surface area contributed by atoms with E-state index in [0.717, 1.165) is 24.8 Å². The fourth-order valence-electron chi connectivity index (χ4n) is 2.65. The van der Waals surface area contributed by atoms with Crippen molar-refractivity contribution < 1.29 is 19.5 Å². The summed E-state index contributed by atoms with van der Waals surface area (Å²) in [5, 5.41) is 19.5. The molecule has 0 bridgehead atoms. The van der Waals surface area contributed by atoms with Crippen LogP contribution in [0.25, 0.3) is 0 Å². The van der Waals surface area contributed by atoms with Gasteiger partial charge < -0.3 is 14.6 Å². The van der Waals surface area contributed by atoms with E-state index in [2.05, 4.69) is 0 Å². The number of rotatable bonds is 12. The highest BCUT2D eigenvalue weighted by Gasteiger charge is 2.39. The quantitative estimate of drug-likeness (QED) is 0.336. The molecule has 150 valence electrons. The van der Waals surface area contributed by atoms with Crippen molar-refractivity contribution in [2.45, 2.75) is 71.6 Å². The first-order valence-corrected chi connectivity index (χ1v) is 9.59. The summed E-state index contributed by atoms with van der Waals surface area (Å²) in [4.78, 5) is 11.4. The van der Waals surface area contributed by atoms with Crippen molar-refractivity contribution in [2.75, 3.05) is 19.8 Å². The molecule has 1 N–H and O–H groups in total. The molecule has 0 aromatic heterocycles. The summed E-state index contributed by atoms with van der Waals surface area (Å²) in [5.74, 6) is -0.400.